The van der Waals surface area contributed by atoms with E-state index in [0.717, 1.165) is 28.6 Å². The minimum Gasteiger partial charge on any atom is -0.531 e. The minimum atomic E-state index is -3.42. The molecule has 2 aliphatic heterocycles. The molecule has 4 heterocycles. The van der Waals surface area contributed by atoms with Crippen molar-refractivity contribution in [1.29, 1.82) is 0 Å². The lowest BCUT2D eigenvalue weighted by Gasteiger charge is -2.34. The fourth-order valence-corrected chi connectivity index (χ4v) is 5.18. The van der Waals surface area contributed by atoms with Gasteiger partial charge in [-0.3, -0.25) is 0 Å². The highest BCUT2D eigenvalue weighted by Crippen LogP contribution is 2.42. The van der Waals surface area contributed by atoms with E-state index in [9.17, 15) is 13.4 Å². The molecule has 0 bridgehead atoms. The third kappa shape index (κ3) is 3.50. The van der Waals surface area contributed by atoms with E-state index in [-0.39, 0.29) is 5.92 Å². The molecule has 2 aromatic rings. The number of fused-ring (bicyclic) bond motifs is 3. The average molecular weight is 390 g/mol. The minimum absolute atomic E-state index is 0.153. The predicted molar refractivity (Wildman–Crippen MR) is 104 cm³/mol. The number of nitrogens with zero attached hydrogens (tertiary/aromatic N) is 2. The van der Waals surface area contributed by atoms with Crippen LogP contribution in [0.25, 0.3) is 16.6 Å². The second-order valence-electron chi connectivity index (χ2n) is 6.94. The third-order valence-electron chi connectivity index (χ3n) is 5.18. The molecule has 1 fully saturated rings. The monoisotopic (exact) mass is 390 g/mol. The Morgan fingerprint density at radius 1 is 1.44 bits per heavy atom. The van der Waals surface area contributed by atoms with Crippen LogP contribution in [0, 0.1) is 5.92 Å². The van der Waals surface area contributed by atoms with Crippen molar-refractivity contribution >= 4 is 33.9 Å². The summed E-state index contributed by atoms with van der Waals surface area (Å²) in [6, 6.07) is 1.95. The number of aromatic nitrogens is 2. The van der Waals surface area contributed by atoms with E-state index in [1.807, 2.05) is 19.2 Å². The zero-order valence-corrected chi connectivity index (χ0v) is 16.0. The normalized spacial score (nSPS) is 19.0. The van der Waals surface area contributed by atoms with Crippen LogP contribution in [0.3, 0.4) is 0 Å². The summed E-state index contributed by atoms with van der Waals surface area (Å²) in [7, 11) is -4.44. The molecule has 8 nitrogen and oxygen atoms in total. The summed E-state index contributed by atoms with van der Waals surface area (Å²) in [5.41, 5.74) is 2.72. The number of H-pyrrole nitrogens is 1. The van der Waals surface area contributed by atoms with Gasteiger partial charge in [0, 0.05) is 36.8 Å². The molecule has 4 rings (SSSR count). The molecule has 10 heteroatoms. The predicted octanol–water partition coefficient (Wildman–Crippen LogP) is 1.31. The fraction of sp³-hybridized carbons (Fsp3) is 0.471. The Hall–Kier alpha value is -1.88. The third-order valence-corrected chi connectivity index (χ3v) is 6.79. The van der Waals surface area contributed by atoms with E-state index in [0.29, 0.717) is 38.2 Å². The highest BCUT2D eigenvalue weighted by atomic mass is 32.2. The number of hydrogen-bond donors (Lipinski definition) is 3. The lowest BCUT2D eigenvalue weighted by atomic mass is 9.74. The average Bonchev–Trinajstić information content (AvgIpc) is 3.14. The summed E-state index contributed by atoms with van der Waals surface area (Å²) < 4.78 is 34.4. The summed E-state index contributed by atoms with van der Waals surface area (Å²) >= 11 is 0. The topological polar surface area (TPSA) is 108 Å². The summed E-state index contributed by atoms with van der Waals surface area (Å²) in [5, 5.41) is 11.1. The molecule has 0 spiro atoms. The van der Waals surface area contributed by atoms with Crippen LogP contribution < -0.4 is 9.38 Å². The van der Waals surface area contributed by atoms with Crippen LogP contribution in [0.15, 0.2) is 24.4 Å². The summed E-state index contributed by atoms with van der Waals surface area (Å²) in [6.45, 7) is 3.29. The molecule has 0 amide bonds. The number of aromatic amines is 1. The zero-order chi connectivity index (χ0) is 19.0. The van der Waals surface area contributed by atoms with Gasteiger partial charge >= 0.3 is 7.12 Å². The van der Waals surface area contributed by atoms with Crippen LogP contribution >= 0.6 is 0 Å². The lowest BCUT2D eigenvalue weighted by molar-refractivity contribution is 0.306. The van der Waals surface area contributed by atoms with Crippen LogP contribution in [0.1, 0.15) is 31.7 Å². The molecule has 0 atom stereocenters. The fourth-order valence-electron chi connectivity index (χ4n) is 3.85. The second-order valence-corrected chi connectivity index (χ2v) is 8.70. The first kappa shape index (κ1) is 18.5. The molecular weight excluding hydrogens is 367 g/mol. The van der Waals surface area contributed by atoms with Gasteiger partial charge in [0.15, 0.2) is 0 Å². The number of allylic oxidation sites excluding steroid dienone is 1. The molecule has 3 N–H and O–H groups in total. The number of pyridine rings is 1. The number of piperidine rings is 1. The Labute approximate surface area is 158 Å². The standard InChI is InChI=1S/C17H23BN4O4S/c1-2-6-21-27(24,25)22-8-4-12(5-9-22)14-10-18(23)26-15-11-20-17-13(16(14)15)3-7-19-17/h3,7,10-12,21,23H,2,4-6,8-9H2,1H3,(H,19,20). The van der Waals surface area contributed by atoms with Gasteiger partial charge in [0.1, 0.15) is 11.4 Å². The Morgan fingerprint density at radius 2 is 2.22 bits per heavy atom. The van der Waals surface area contributed by atoms with Gasteiger partial charge in [-0.05, 0) is 42.8 Å². The Balaban J connectivity index is 1.58. The van der Waals surface area contributed by atoms with Crippen LogP contribution in [0.2, 0.25) is 0 Å². The molecule has 0 saturated carbocycles. The maximum Gasteiger partial charge on any atom is 0.552 e. The van der Waals surface area contributed by atoms with Gasteiger partial charge in [-0.1, -0.05) is 6.92 Å². The maximum atomic E-state index is 12.3. The largest absolute Gasteiger partial charge is 0.552 e. The van der Waals surface area contributed by atoms with E-state index >= 15 is 0 Å². The number of rotatable bonds is 5. The van der Waals surface area contributed by atoms with Crippen LogP contribution in [0.4, 0.5) is 0 Å². The van der Waals surface area contributed by atoms with Crippen LogP contribution in [-0.2, 0) is 10.2 Å². The van der Waals surface area contributed by atoms with Crippen molar-refractivity contribution in [3.05, 3.63) is 30.0 Å². The molecule has 2 aromatic heterocycles. The van der Waals surface area contributed by atoms with E-state index in [2.05, 4.69) is 14.7 Å². The van der Waals surface area contributed by atoms with Gasteiger partial charge in [-0.25, -0.2) is 9.71 Å². The van der Waals surface area contributed by atoms with Crippen LogP contribution in [-0.4, -0.2) is 54.5 Å². The summed E-state index contributed by atoms with van der Waals surface area (Å²) in [4.78, 5) is 7.43. The molecular formula is C17H23BN4O4S. The van der Waals surface area contributed by atoms with Gasteiger partial charge in [0.2, 0.25) is 0 Å². The maximum absolute atomic E-state index is 12.3. The molecule has 0 aliphatic carbocycles. The zero-order valence-electron chi connectivity index (χ0n) is 15.2. The Kier molecular flexibility index (Phi) is 4.98. The highest BCUT2D eigenvalue weighted by molar-refractivity contribution is 7.87. The van der Waals surface area contributed by atoms with Gasteiger partial charge in [0.05, 0.1) is 6.20 Å². The van der Waals surface area contributed by atoms with Gasteiger partial charge in [-0.2, -0.15) is 12.7 Å². The van der Waals surface area contributed by atoms with Crippen molar-refractivity contribution in [2.45, 2.75) is 26.2 Å². The van der Waals surface area contributed by atoms with Crippen molar-refractivity contribution in [2.24, 2.45) is 5.92 Å². The smallest absolute Gasteiger partial charge is 0.531 e. The molecule has 144 valence electrons. The Bertz CT molecular complexity index is 966. The molecule has 27 heavy (non-hydrogen) atoms. The first-order valence-corrected chi connectivity index (χ1v) is 10.7. The van der Waals surface area contributed by atoms with Gasteiger partial charge < -0.3 is 14.7 Å². The summed E-state index contributed by atoms with van der Waals surface area (Å²) in [6.07, 6.45) is 5.60. The van der Waals surface area contributed by atoms with Gasteiger partial charge in [0.25, 0.3) is 10.2 Å². The van der Waals surface area contributed by atoms with Crippen molar-refractivity contribution < 1.29 is 18.1 Å². The number of nitrogens with one attached hydrogen (secondary N) is 2. The molecule has 2 aliphatic rings. The molecule has 0 radical (unpaired) electrons. The molecule has 0 aromatic carbocycles. The highest BCUT2D eigenvalue weighted by Gasteiger charge is 2.34. The van der Waals surface area contributed by atoms with E-state index in [4.69, 9.17) is 4.65 Å². The van der Waals surface area contributed by atoms with Crippen molar-refractivity contribution in [1.82, 2.24) is 19.0 Å². The number of hydrogen-bond acceptors (Lipinski definition) is 5. The van der Waals surface area contributed by atoms with E-state index in [1.165, 1.54) is 4.31 Å². The molecule has 1 saturated heterocycles. The first-order valence-electron chi connectivity index (χ1n) is 9.27. The Morgan fingerprint density at radius 3 is 2.96 bits per heavy atom. The lowest BCUT2D eigenvalue weighted by Crippen LogP contribution is -2.45. The van der Waals surface area contributed by atoms with Crippen molar-refractivity contribution in [2.75, 3.05) is 19.6 Å². The summed E-state index contributed by atoms with van der Waals surface area (Å²) in [5.74, 6) is 2.45. The van der Waals surface area contributed by atoms with E-state index < -0.39 is 17.3 Å². The van der Waals surface area contributed by atoms with Crippen LogP contribution in [0.5, 0.6) is 5.75 Å². The quantitative estimate of drug-likeness (QED) is 0.668. The van der Waals surface area contributed by atoms with Crippen molar-refractivity contribution in [3.8, 4) is 5.75 Å². The SMILES string of the molecule is CCCNS(=O)(=O)N1CCC(C2=CB(O)Oc3cnc4[nH]ccc4c32)CC1. The molecule has 0 unspecified atom stereocenters. The first-order chi connectivity index (χ1) is 13.0. The van der Waals surface area contributed by atoms with E-state index in [1.54, 1.807) is 12.2 Å². The van der Waals surface area contributed by atoms with Crippen molar-refractivity contribution in [3.63, 3.8) is 0 Å². The van der Waals surface area contributed by atoms with Gasteiger partial charge in [-0.15, -0.1) is 0 Å². The second kappa shape index (κ2) is 7.27.